The van der Waals surface area contributed by atoms with Crippen molar-refractivity contribution in [2.45, 2.75) is 43.7 Å². The third-order valence-electron chi connectivity index (χ3n) is 5.91. The predicted molar refractivity (Wildman–Crippen MR) is 123 cm³/mol. The van der Waals surface area contributed by atoms with Crippen LogP contribution in [0.3, 0.4) is 0 Å². The number of nitrogens with zero attached hydrogens (tertiary/aromatic N) is 3. The Morgan fingerprint density at radius 1 is 1.03 bits per heavy atom. The number of amides is 1. The summed E-state index contributed by atoms with van der Waals surface area (Å²) >= 11 is 0. The topological polar surface area (TPSA) is 60.9 Å². The SMILES string of the molecule is CC1CCCCN1S(=O)(=O)c1ccc(C(=O)N(CCN(C)C)Cc2ccc(F)c(F)c2)cc1. The zero-order valence-electron chi connectivity index (χ0n) is 19.3. The van der Waals surface area contributed by atoms with Crippen LogP contribution in [-0.2, 0) is 16.6 Å². The molecule has 1 amide bonds. The van der Waals surface area contributed by atoms with E-state index in [-0.39, 0.29) is 23.4 Å². The van der Waals surface area contributed by atoms with Crippen LogP contribution in [0.15, 0.2) is 47.4 Å². The van der Waals surface area contributed by atoms with Gasteiger partial charge in [-0.3, -0.25) is 4.79 Å². The molecule has 0 aromatic heterocycles. The maximum absolute atomic E-state index is 13.7. The molecule has 9 heteroatoms. The molecule has 0 saturated carbocycles. The fourth-order valence-corrected chi connectivity index (χ4v) is 5.65. The second kappa shape index (κ2) is 10.7. The number of carbonyl (C=O) groups excluding carboxylic acids is 1. The van der Waals surface area contributed by atoms with Crippen LogP contribution >= 0.6 is 0 Å². The van der Waals surface area contributed by atoms with E-state index in [1.807, 2.05) is 25.9 Å². The summed E-state index contributed by atoms with van der Waals surface area (Å²) in [6.07, 6.45) is 2.69. The normalized spacial score (nSPS) is 17.3. The molecule has 6 nitrogen and oxygen atoms in total. The molecule has 0 radical (unpaired) electrons. The molecule has 1 fully saturated rings. The summed E-state index contributed by atoms with van der Waals surface area (Å²) < 4.78 is 54.6. The van der Waals surface area contributed by atoms with Gasteiger partial charge in [-0.2, -0.15) is 4.31 Å². The lowest BCUT2D eigenvalue weighted by Crippen LogP contribution is -2.41. The monoisotopic (exact) mass is 479 g/mol. The van der Waals surface area contributed by atoms with Gasteiger partial charge < -0.3 is 9.80 Å². The molecule has 1 aliphatic heterocycles. The summed E-state index contributed by atoms with van der Waals surface area (Å²) in [5.41, 5.74) is 0.807. The van der Waals surface area contributed by atoms with E-state index in [2.05, 4.69) is 0 Å². The molecular formula is C24H31F2N3O3S. The summed E-state index contributed by atoms with van der Waals surface area (Å²) in [5, 5.41) is 0. The van der Waals surface area contributed by atoms with Crippen molar-refractivity contribution in [1.29, 1.82) is 0 Å². The first-order valence-electron chi connectivity index (χ1n) is 11.1. The molecular weight excluding hydrogens is 448 g/mol. The Labute approximate surface area is 194 Å². The first-order valence-corrected chi connectivity index (χ1v) is 12.5. The second-order valence-corrected chi connectivity index (χ2v) is 10.7. The van der Waals surface area contributed by atoms with Crippen LogP contribution in [0.2, 0.25) is 0 Å². The molecule has 0 spiro atoms. The van der Waals surface area contributed by atoms with Crippen LogP contribution in [0.5, 0.6) is 0 Å². The van der Waals surface area contributed by atoms with Crippen molar-refractivity contribution in [2.75, 3.05) is 33.7 Å². The van der Waals surface area contributed by atoms with E-state index < -0.39 is 21.7 Å². The van der Waals surface area contributed by atoms with Gasteiger partial charge in [0.25, 0.3) is 5.91 Å². The molecule has 180 valence electrons. The fraction of sp³-hybridized carbons (Fsp3) is 0.458. The van der Waals surface area contributed by atoms with Crippen molar-refractivity contribution in [3.8, 4) is 0 Å². The van der Waals surface area contributed by atoms with Gasteiger partial charge in [-0.1, -0.05) is 12.5 Å². The van der Waals surface area contributed by atoms with E-state index in [9.17, 15) is 22.0 Å². The minimum absolute atomic E-state index is 0.0531. The Balaban J connectivity index is 1.81. The standard InChI is InChI=1S/C24H31F2N3O3S/c1-18-6-4-5-13-29(18)33(31,32)21-10-8-20(9-11-21)24(30)28(15-14-27(2)3)17-19-7-12-22(25)23(26)16-19/h7-12,16,18H,4-6,13-15,17H2,1-3H3. The highest BCUT2D eigenvalue weighted by Gasteiger charge is 2.31. The molecule has 1 aliphatic rings. The Morgan fingerprint density at radius 2 is 1.73 bits per heavy atom. The van der Waals surface area contributed by atoms with E-state index in [0.717, 1.165) is 31.4 Å². The number of likely N-dealkylation sites (N-methyl/N-ethyl adjacent to an activating group) is 1. The highest BCUT2D eigenvalue weighted by atomic mass is 32.2. The Kier molecular flexibility index (Phi) is 8.20. The van der Waals surface area contributed by atoms with E-state index in [1.165, 1.54) is 34.6 Å². The van der Waals surface area contributed by atoms with Gasteiger partial charge in [-0.05, 0) is 75.8 Å². The molecule has 0 bridgehead atoms. The lowest BCUT2D eigenvalue weighted by atomic mass is 10.1. The van der Waals surface area contributed by atoms with Crippen LogP contribution in [0, 0.1) is 11.6 Å². The average molecular weight is 480 g/mol. The maximum atomic E-state index is 13.7. The third kappa shape index (κ3) is 6.16. The minimum atomic E-state index is -3.63. The lowest BCUT2D eigenvalue weighted by molar-refractivity contribution is 0.0731. The van der Waals surface area contributed by atoms with Crippen LogP contribution in [0.1, 0.15) is 42.1 Å². The number of piperidine rings is 1. The van der Waals surface area contributed by atoms with Gasteiger partial charge >= 0.3 is 0 Å². The highest BCUT2D eigenvalue weighted by molar-refractivity contribution is 7.89. The fourth-order valence-electron chi connectivity index (χ4n) is 3.95. The van der Waals surface area contributed by atoms with Gasteiger partial charge in [0.2, 0.25) is 10.0 Å². The number of rotatable bonds is 8. The van der Waals surface area contributed by atoms with E-state index in [0.29, 0.717) is 30.8 Å². The number of sulfonamides is 1. The van der Waals surface area contributed by atoms with Crippen LogP contribution in [0.25, 0.3) is 0 Å². The maximum Gasteiger partial charge on any atom is 0.254 e. The van der Waals surface area contributed by atoms with E-state index in [4.69, 9.17) is 0 Å². The Bertz CT molecular complexity index is 1070. The van der Waals surface area contributed by atoms with Gasteiger partial charge in [-0.15, -0.1) is 0 Å². The van der Waals surface area contributed by atoms with Gasteiger partial charge in [0.1, 0.15) is 0 Å². The third-order valence-corrected chi connectivity index (χ3v) is 7.94. The Hall–Kier alpha value is -2.36. The van der Waals surface area contributed by atoms with Crippen LogP contribution in [-0.4, -0.2) is 68.2 Å². The Morgan fingerprint density at radius 3 is 2.33 bits per heavy atom. The summed E-state index contributed by atoms with van der Waals surface area (Å²) in [6.45, 7) is 3.46. The zero-order chi connectivity index (χ0) is 24.2. The van der Waals surface area contributed by atoms with Crippen molar-refractivity contribution in [1.82, 2.24) is 14.1 Å². The molecule has 0 aliphatic carbocycles. The number of hydrogen-bond donors (Lipinski definition) is 0. The quantitative estimate of drug-likeness (QED) is 0.579. The molecule has 1 unspecified atom stereocenters. The predicted octanol–water partition coefficient (Wildman–Crippen LogP) is 3.73. The molecule has 2 aromatic rings. The van der Waals surface area contributed by atoms with Crippen molar-refractivity contribution in [3.05, 3.63) is 65.2 Å². The average Bonchev–Trinajstić information content (AvgIpc) is 2.78. The first kappa shape index (κ1) is 25.3. The summed E-state index contributed by atoms with van der Waals surface area (Å²) in [5.74, 6) is -2.21. The summed E-state index contributed by atoms with van der Waals surface area (Å²) in [6, 6.07) is 9.47. The van der Waals surface area contributed by atoms with Crippen molar-refractivity contribution < 1.29 is 22.0 Å². The van der Waals surface area contributed by atoms with E-state index in [1.54, 1.807) is 4.90 Å². The first-order chi connectivity index (χ1) is 15.6. The summed E-state index contributed by atoms with van der Waals surface area (Å²) in [7, 11) is 0.125. The lowest BCUT2D eigenvalue weighted by Gasteiger charge is -2.32. The molecule has 1 saturated heterocycles. The summed E-state index contributed by atoms with van der Waals surface area (Å²) in [4.78, 5) is 16.8. The number of carbonyl (C=O) groups is 1. The molecule has 1 heterocycles. The van der Waals surface area contributed by atoms with Gasteiger partial charge in [-0.25, -0.2) is 17.2 Å². The van der Waals surface area contributed by atoms with Crippen molar-refractivity contribution in [2.24, 2.45) is 0 Å². The minimum Gasteiger partial charge on any atom is -0.333 e. The zero-order valence-corrected chi connectivity index (χ0v) is 20.1. The van der Waals surface area contributed by atoms with Crippen LogP contribution < -0.4 is 0 Å². The van der Waals surface area contributed by atoms with Crippen molar-refractivity contribution >= 4 is 15.9 Å². The molecule has 33 heavy (non-hydrogen) atoms. The number of halogens is 2. The van der Waals surface area contributed by atoms with Crippen LogP contribution in [0.4, 0.5) is 8.78 Å². The smallest absolute Gasteiger partial charge is 0.254 e. The highest BCUT2D eigenvalue weighted by Crippen LogP contribution is 2.25. The second-order valence-electron chi connectivity index (χ2n) is 8.76. The molecule has 3 rings (SSSR count). The molecule has 1 atom stereocenters. The van der Waals surface area contributed by atoms with E-state index >= 15 is 0 Å². The van der Waals surface area contributed by atoms with Gasteiger partial charge in [0.05, 0.1) is 4.90 Å². The molecule has 2 aromatic carbocycles. The largest absolute Gasteiger partial charge is 0.333 e. The molecule has 0 N–H and O–H groups in total. The number of benzene rings is 2. The van der Waals surface area contributed by atoms with Gasteiger partial charge in [0, 0.05) is 37.8 Å². The number of hydrogen-bond acceptors (Lipinski definition) is 4. The van der Waals surface area contributed by atoms with Crippen molar-refractivity contribution in [3.63, 3.8) is 0 Å². The van der Waals surface area contributed by atoms with Gasteiger partial charge in [0.15, 0.2) is 11.6 Å².